The summed E-state index contributed by atoms with van der Waals surface area (Å²) in [6.45, 7) is 2.26. The molecule has 5 heteroatoms. The topological polar surface area (TPSA) is 47.3 Å². The molecule has 1 aliphatic carbocycles. The Hall–Kier alpha value is -1.17. The van der Waals surface area contributed by atoms with Gasteiger partial charge in [0.25, 0.3) is 0 Å². The number of hydrogen-bond acceptors (Lipinski definition) is 5. The molecular weight excluding hydrogens is 260 g/mol. The van der Waals surface area contributed by atoms with Crippen molar-refractivity contribution in [2.24, 2.45) is 0 Å². The van der Waals surface area contributed by atoms with Gasteiger partial charge in [-0.15, -0.1) is 11.3 Å². The van der Waals surface area contributed by atoms with Gasteiger partial charge in [-0.1, -0.05) is 0 Å². The van der Waals surface area contributed by atoms with Gasteiger partial charge in [-0.05, 0) is 30.9 Å². The lowest BCUT2D eigenvalue weighted by atomic mass is 10.2. The minimum absolute atomic E-state index is 0.711. The van der Waals surface area contributed by atoms with Crippen molar-refractivity contribution in [3.8, 4) is 10.8 Å². The lowest BCUT2D eigenvalue weighted by molar-refractivity contribution is 0.199. The van der Waals surface area contributed by atoms with E-state index in [0.29, 0.717) is 6.61 Å². The van der Waals surface area contributed by atoms with Crippen LogP contribution in [-0.4, -0.2) is 25.2 Å². The lowest BCUT2D eigenvalue weighted by Gasteiger charge is -1.99. The van der Waals surface area contributed by atoms with Crippen molar-refractivity contribution in [1.82, 2.24) is 10.3 Å². The standard InChI is InChI=1S/C14H18N2O2S/c1-17-6-5-15-8-11-9-18-14(16-11)13-7-10-3-2-4-12(10)19-13/h7,9,15H,2-6,8H2,1H3. The lowest BCUT2D eigenvalue weighted by Crippen LogP contribution is -2.18. The fraction of sp³-hybridized carbons (Fsp3) is 0.500. The number of oxazole rings is 1. The third-order valence-electron chi connectivity index (χ3n) is 3.30. The maximum atomic E-state index is 5.57. The fourth-order valence-electron chi connectivity index (χ4n) is 2.33. The average Bonchev–Trinajstić information content (AvgIpc) is 3.08. The Kier molecular flexibility index (Phi) is 3.96. The predicted molar refractivity (Wildman–Crippen MR) is 75.4 cm³/mol. The second-order valence-electron chi connectivity index (χ2n) is 4.73. The van der Waals surface area contributed by atoms with E-state index in [0.717, 1.165) is 29.6 Å². The molecule has 102 valence electrons. The Balaban J connectivity index is 1.63. The number of hydrogen-bond donors (Lipinski definition) is 1. The maximum absolute atomic E-state index is 5.57. The summed E-state index contributed by atoms with van der Waals surface area (Å²) >= 11 is 1.82. The number of nitrogens with zero attached hydrogens (tertiary/aromatic N) is 1. The maximum Gasteiger partial charge on any atom is 0.236 e. The van der Waals surface area contributed by atoms with Gasteiger partial charge in [0.05, 0.1) is 17.2 Å². The first kappa shape index (κ1) is 12.8. The number of fused-ring (bicyclic) bond motifs is 1. The van der Waals surface area contributed by atoms with Crippen LogP contribution in [0.2, 0.25) is 0 Å². The van der Waals surface area contributed by atoms with E-state index in [1.165, 1.54) is 29.7 Å². The molecule has 2 aromatic rings. The molecule has 0 bridgehead atoms. The third kappa shape index (κ3) is 2.88. The molecule has 1 N–H and O–H groups in total. The molecule has 0 aromatic carbocycles. The zero-order valence-corrected chi connectivity index (χ0v) is 11.9. The molecule has 2 heterocycles. The highest BCUT2D eigenvalue weighted by atomic mass is 32.1. The number of aryl methyl sites for hydroxylation is 2. The summed E-state index contributed by atoms with van der Waals surface area (Å²) in [5.41, 5.74) is 2.43. The quantitative estimate of drug-likeness (QED) is 0.825. The van der Waals surface area contributed by atoms with E-state index in [2.05, 4.69) is 16.4 Å². The van der Waals surface area contributed by atoms with Crippen LogP contribution < -0.4 is 5.32 Å². The van der Waals surface area contributed by atoms with Crippen molar-refractivity contribution >= 4 is 11.3 Å². The van der Waals surface area contributed by atoms with Crippen molar-refractivity contribution in [1.29, 1.82) is 0 Å². The molecule has 1 aliphatic rings. The molecule has 0 radical (unpaired) electrons. The van der Waals surface area contributed by atoms with E-state index in [9.17, 15) is 0 Å². The summed E-state index contributed by atoms with van der Waals surface area (Å²) in [5, 5.41) is 3.26. The molecule has 0 saturated heterocycles. The van der Waals surface area contributed by atoms with Crippen molar-refractivity contribution < 1.29 is 9.15 Å². The van der Waals surface area contributed by atoms with Crippen molar-refractivity contribution in [3.05, 3.63) is 28.5 Å². The smallest absolute Gasteiger partial charge is 0.236 e. The van der Waals surface area contributed by atoms with Gasteiger partial charge >= 0.3 is 0 Å². The van der Waals surface area contributed by atoms with Crippen LogP contribution in [0, 0.1) is 0 Å². The number of aromatic nitrogens is 1. The second kappa shape index (κ2) is 5.86. The predicted octanol–water partition coefficient (Wildman–Crippen LogP) is 2.63. The summed E-state index contributed by atoms with van der Waals surface area (Å²) in [7, 11) is 1.70. The Morgan fingerprint density at radius 3 is 3.26 bits per heavy atom. The molecule has 0 spiro atoms. The Labute approximate surface area is 116 Å². The van der Waals surface area contributed by atoms with E-state index < -0.39 is 0 Å². The molecule has 2 aromatic heterocycles. The number of nitrogens with one attached hydrogen (secondary N) is 1. The summed E-state index contributed by atoms with van der Waals surface area (Å²) < 4.78 is 10.6. The SMILES string of the molecule is COCCNCc1coc(-c2cc3c(s2)CCC3)n1. The van der Waals surface area contributed by atoms with Crippen LogP contribution in [0.4, 0.5) is 0 Å². The van der Waals surface area contributed by atoms with Gasteiger partial charge in [-0.2, -0.15) is 0 Å². The monoisotopic (exact) mass is 278 g/mol. The van der Waals surface area contributed by atoms with Gasteiger partial charge < -0.3 is 14.5 Å². The minimum Gasteiger partial charge on any atom is -0.444 e. The number of methoxy groups -OCH3 is 1. The van der Waals surface area contributed by atoms with Crippen molar-refractivity contribution in [2.75, 3.05) is 20.3 Å². The van der Waals surface area contributed by atoms with Crippen LogP contribution in [0.15, 0.2) is 16.7 Å². The van der Waals surface area contributed by atoms with Gasteiger partial charge in [0.15, 0.2) is 0 Å². The van der Waals surface area contributed by atoms with Crippen molar-refractivity contribution in [2.45, 2.75) is 25.8 Å². The van der Waals surface area contributed by atoms with Crippen LogP contribution in [0.5, 0.6) is 0 Å². The van der Waals surface area contributed by atoms with Crippen LogP contribution in [0.3, 0.4) is 0 Å². The first-order chi connectivity index (χ1) is 9.36. The second-order valence-corrected chi connectivity index (χ2v) is 5.86. The molecule has 3 rings (SSSR count). The fourth-order valence-corrected chi connectivity index (χ4v) is 3.51. The highest BCUT2D eigenvalue weighted by molar-refractivity contribution is 7.15. The average molecular weight is 278 g/mol. The molecular formula is C14H18N2O2S. The van der Waals surface area contributed by atoms with Gasteiger partial charge in [-0.3, -0.25) is 0 Å². The molecule has 0 saturated carbocycles. The normalized spacial score (nSPS) is 13.9. The molecule has 0 aliphatic heterocycles. The molecule has 0 amide bonds. The summed E-state index contributed by atoms with van der Waals surface area (Å²) in [6.07, 6.45) is 5.45. The van der Waals surface area contributed by atoms with E-state index in [4.69, 9.17) is 9.15 Å². The van der Waals surface area contributed by atoms with Gasteiger partial charge in [0, 0.05) is 25.1 Å². The van der Waals surface area contributed by atoms with Crippen LogP contribution in [0.1, 0.15) is 22.6 Å². The Bertz CT molecular complexity index is 526. The highest BCUT2D eigenvalue weighted by Gasteiger charge is 2.18. The zero-order valence-electron chi connectivity index (χ0n) is 11.1. The largest absolute Gasteiger partial charge is 0.444 e. The summed E-state index contributed by atoms with van der Waals surface area (Å²) in [5.74, 6) is 0.753. The molecule has 19 heavy (non-hydrogen) atoms. The summed E-state index contributed by atoms with van der Waals surface area (Å²) in [4.78, 5) is 7.20. The Morgan fingerprint density at radius 1 is 1.47 bits per heavy atom. The van der Waals surface area contributed by atoms with E-state index in [1.807, 2.05) is 11.3 Å². The minimum atomic E-state index is 0.711. The highest BCUT2D eigenvalue weighted by Crippen LogP contribution is 2.36. The molecule has 4 nitrogen and oxygen atoms in total. The van der Waals surface area contributed by atoms with E-state index in [-0.39, 0.29) is 0 Å². The first-order valence-corrected chi connectivity index (χ1v) is 7.44. The van der Waals surface area contributed by atoms with Crippen LogP contribution in [-0.2, 0) is 24.1 Å². The van der Waals surface area contributed by atoms with E-state index in [1.54, 1.807) is 13.4 Å². The molecule has 0 unspecified atom stereocenters. The number of ether oxygens (including phenoxy) is 1. The van der Waals surface area contributed by atoms with Crippen molar-refractivity contribution in [3.63, 3.8) is 0 Å². The Morgan fingerprint density at radius 2 is 2.42 bits per heavy atom. The van der Waals surface area contributed by atoms with E-state index >= 15 is 0 Å². The van der Waals surface area contributed by atoms with Gasteiger partial charge in [0.1, 0.15) is 6.26 Å². The zero-order chi connectivity index (χ0) is 13.1. The molecule has 0 fully saturated rings. The van der Waals surface area contributed by atoms with Crippen LogP contribution in [0.25, 0.3) is 10.8 Å². The number of rotatable bonds is 6. The van der Waals surface area contributed by atoms with Crippen LogP contribution >= 0.6 is 11.3 Å². The number of thiophene rings is 1. The molecule has 0 atom stereocenters. The summed E-state index contributed by atoms with van der Waals surface area (Å²) in [6, 6.07) is 2.24. The van der Waals surface area contributed by atoms with Gasteiger partial charge in [0.2, 0.25) is 5.89 Å². The first-order valence-electron chi connectivity index (χ1n) is 6.63. The third-order valence-corrected chi connectivity index (χ3v) is 4.52. The van der Waals surface area contributed by atoms with Gasteiger partial charge in [-0.25, -0.2) is 4.98 Å².